The number of aromatic nitrogens is 1. The molecule has 4 nitrogen and oxygen atoms in total. The van der Waals surface area contributed by atoms with Gasteiger partial charge < -0.3 is 14.0 Å². The second kappa shape index (κ2) is 5.58. The number of hydrogen-bond acceptors (Lipinski definition) is 4. The van der Waals surface area contributed by atoms with Crippen molar-refractivity contribution in [3.8, 4) is 0 Å². The van der Waals surface area contributed by atoms with Gasteiger partial charge in [-0.25, -0.2) is 4.39 Å². The molecule has 2 fully saturated rings. The smallest absolute Gasteiger partial charge is 0.399 e. The molecule has 2 saturated heterocycles. The molecule has 1 unspecified atom stereocenters. The fourth-order valence-corrected chi connectivity index (χ4v) is 2.75. The molecule has 0 radical (unpaired) electrons. The molecule has 0 spiro atoms. The van der Waals surface area contributed by atoms with E-state index in [1.807, 2.05) is 27.7 Å². The van der Waals surface area contributed by atoms with Crippen molar-refractivity contribution in [3.05, 3.63) is 23.8 Å². The van der Waals surface area contributed by atoms with Crippen molar-refractivity contribution in [2.24, 2.45) is 0 Å². The van der Waals surface area contributed by atoms with E-state index in [-0.39, 0.29) is 11.9 Å². The average Bonchev–Trinajstić information content (AvgIpc) is 2.68. The number of ether oxygens (including phenoxy) is 1. The Morgan fingerprint density at radius 3 is 2.41 bits per heavy atom. The van der Waals surface area contributed by atoms with E-state index in [0.717, 1.165) is 19.3 Å². The van der Waals surface area contributed by atoms with Crippen LogP contribution in [0.5, 0.6) is 0 Å². The highest BCUT2D eigenvalue weighted by atomic mass is 19.1. The van der Waals surface area contributed by atoms with Gasteiger partial charge in [0, 0.05) is 18.3 Å². The van der Waals surface area contributed by atoms with Gasteiger partial charge in [0.1, 0.15) is 5.82 Å². The SMILES string of the molecule is CC1(C)OB(c2cnc(C3CCCCO3)cc2F)OC1(C)C. The summed E-state index contributed by atoms with van der Waals surface area (Å²) >= 11 is 0. The Kier molecular flexibility index (Phi) is 4.04. The van der Waals surface area contributed by atoms with E-state index in [4.69, 9.17) is 14.0 Å². The maximum atomic E-state index is 14.5. The van der Waals surface area contributed by atoms with Crippen LogP contribution < -0.4 is 5.46 Å². The van der Waals surface area contributed by atoms with Gasteiger partial charge in [-0.1, -0.05) is 0 Å². The topological polar surface area (TPSA) is 40.6 Å². The quantitative estimate of drug-likeness (QED) is 0.788. The van der Waals surface area contributed by atoms with E-state index in [1.54, 1.807) is 0 Å². The fraction of sp³-hybridized carbons (Fsp3) is 0.688. The summed E-state index contributed by atoms with van der Waals surface area (Å²) in [6, 6.07) is 1.45. The van der Waals surface area contributed by atoms with Crippen molar-refractivity contribution in [3.63, 3.8) is 0 Å². The first-order valence-electron chi connectivity index (χ1n) is 7.93. The molecule has 2 aliphatic rings. The molecule has 22 heavy (non-hydrogen) atoms. The Morgan fingerprint density at radius 2 is 1.86 bits per heavy atom. The Balaban J connectivity index is 1.81. The minimum atomic E-state index is -0.723. The molecule has 120 valence electrons. The molecule has 2 aliphatic heterocycles. The maximum Gasteiger partial charge on any atom is 0.499 e. The molecule has 0 bridgehead atoms. The van der Waals surface area contributed by atoms with Crippen LogP contribution in [-0.4, -0.2) is 29.9 Å². The third-order valence-electron chi connectivity index (χ3n) is 4.92. The van der Waals surface area contributed by atoms with Crippen molar-refractivity contribution >= 4 is 12.6 Å². The van der Waals surface area contributed by atoms with E-state index in [0.29, 0.717) is 17.8 Å². The van der Waals surface area contributed by atoms with Gasteiger partial charge in [-0.3, -0.25) is 4.98 Å². The number of nitrogens with zero attached hydrogens (tertiary/aromatic N) is 1. The number of rotatable bonds is 2. The number of halogens is 1. The zero-order valence-corrected chi connectivity index (χ0v) is 13.7. The Hall–Kier alpha value is -0.975. The van der Waals surface area contributed by atoms with Crippen LogP contribution in [0.15, 0.2) is 12.3 Å². The summed E-state index contributed by atoms with van der Waals surface area (Å²) < 4.78 is 31.9. The summed E-state index contributed by atoms with van der Waals surface area (Å²) in [6.45, 7) is 8.50. The van der Waals surface area contributed by atoms with Crippen LogP contribution in [0.3, 0.4) is 0 Å². The van der Waals surface area contributed by atoms with Gasteiger partial charge in [-0.2, -0.15) is 0 Å². The van der Waals surface area contributed by atoms with Crippen molar-refractivity contribution in [2.45, 2.75) is 64.3 Å². The first kappa shape index (κ1) is 15.9. The molecular formula is C16H23BFNO3. The summed E-state index contributed by atoms with van der Waals surface area (Å²) in [6.07, 6.45) is 4.46. The van der Waals surface area contributed by atoms with Crippen LogP contribution in [0.2, 0.25) is 0 Å². The predicted octanol–water partition coefficient (Wildman–Crippen LogP) is 2.76. The Morgan fingerprint density at radius 1 is 1.18 bits per heavy atom. The lowest BCUT2D eigenvalue weighted by atomic mass is 9.79. The molecule has 0 N–H and O–H groups in total. The van der Waals surface area contributed by atoms with Crippen LogP contribution in [0.1, 0.15) is 58.8 Å². The highest BCUT2D eigenvalue weighted by Gasteiger charge is 2.52. The van der Waals surface area contributed by atoms with Crippen molar-refractivity contribution in [1.29, 1.82) is 0 Å². The molecule has 1 aromatic rings. The van der Waals surface area contributed by atoms with E-state index >= 15 is 0 Å². The molecule has 1 atom stereocenters. The standard InChI is InChI=1S/C16H23BFNO3/c1-15(2)16(3,4)22-17(21-15)11-10-19-13(9-12(11)18)14-7-5-6-8-20-14/h9-10,14H,5-8H2,1-4H3. The fourth-order valence-electron chi connectivity index (χ4n) is 2.75. The summed E-state index contributed by atoms with van der Waals surface area (Å²) in [4.78, 5) is 4.38. The molecule has 3 heterocycles. The molecule has 6 heteroatoms. The van der Waals surface area contributed by atoms with Gasteiger partial charge in [-0.05, 0) is 53.0 Å². The minimum Gasteiger partial charge on any atom is -0.399 e. The van der Waals surface area contributed by atoms with Gasteiger partial charge in [0.2, 0.25) is 0 Å². The first-order chi connectivity index (χ1) is 10.3. The summed E-state index contributed by atoms with van der Waals surface area (Å²) in [7, 11) is -0.723. The van der Waals surface area contributed by atoms with Crippen molar-refractivity contribution in [2.75, 3.05) is 6.61 Å². The van der Waals surface area contributed by atoms with Gasteiger partial charge in [-0.15, -0.1) is 0 Å². The monoisotopic (exact) mass is 307 g/mol. The number of pyridine rings is 1. The molecule has 0 amide bonds. The molecular weight excluding hydrogens is 284 g/mol. The van der Waals surface area contributed by atoms with Crippen LogP contribution in [0.4, 0.5) is 4.39 Å². The predicted molar refractivity (Wildman–Crippen MR) is 82.5 cm³/mol. The first-order valence-corrected chi connectivity index (χ1v) is 7.93. The van der Waals surface area contributed by atoms with Crippen LogP contribution in [0.25, 0.3) is 0 Å². The third-order valence-corrected chi connectivity index (χ3v) is 4.92. The van der Waals surface area contributed by atoms with Gasteiger partial charge in [0.25, 0.3) is 0 Å². The van der Waals surface area contributed by atoms with Gasteiger partial charge >= 0.3 is 7.12 Å². The van der Waals surface area contributed by atoms with Crippen LogP contribution in [-0.2, 0) is 14.0 Å². The Bertz CT molecular complexity index is 542. The molecule has 1 aromatic heterocycles. The maximum absolute atomic E-state index is 14.5. The van der Waals surface area contributed by atoms with E-state index in [2.05, 4.69) is 4.98 Å². The summed E-state index contributed by atoms with van der Waals surface area (Å²) in [5.74, 6) is -0.349. The Labute approximate surface area is 131 Å². The second-order valence-electron chi connectivity index (χ2n) is 7.07. The highest BCUT2D eigenvalue weighted by Crippen LogP contribution is 2.36. The lowest BCUT2D eigenvalue weighted by Crippen LogP contribution is -2.41. The zero-order chi connectivity index (χ0) is 16.0. The molecule has 0 saturated carbocycles. The normalized spacial score (nSPS) is 27.1. The van der Waals surface area contributed by atoms with Gasteiger partial charge in [0.05, 0.1) is 23.0 Å². The molecule has 3 rings (SSSR count). The zero-order valence-electron chi connectivity index (χ0n) is 13.7. The van der Waals surface area contributed by atoms with E-state index in [9.17, 15) is 4.39 Å². The largest absolute Gasteiger partial charge is 0.499 e. The third kappa shape index (κ3) is 2.80. The average molecular weight is 307 g/mol. The molecule has 0 aliphatic carbocycles. The molecule has 0 aromatic carbocycles. The van der Waals surface area contributed by atoms with Crippen LogP contribution >= 0.6 is 0 Å². The summed E-state index contributed by atoms with van der Waals surface area (Å²) in [5.41, 5.74) is 0.0144. The minimum absolute atomic E-state index is 0.101. The summed E-state index contributed by atoms with van der Waals surface area (Å²) in [5, 5.41) is 0. The lowest BCUT2D eigenvalue weighted by molar-refractivity contribution is 0.00578. The van der Waals surface area contributed by atoms with E-state index in [1.165, 1.54) is 12.3 Å². The number of hydrogen-bond donors (Lipinski definition) is 0. The highest BCUT2D eigenvalue weighted by molar-refractivity contribution is 6.62. The second-order valence-corrected chi connectivity index (χ2v) is 7.07. The van der Waals surface area contributed by atoms with E-state index < -0.39 is 18.3 Å². The van der Waals surface area contributed by atoms with Crippen LogP contribution in [0, 0.1) is 5.82 Å². The lowest BCUT2D eigenvalue weighted by Gasteiger charge is -2.32. The van der Waals surface area contributed by atoms with Crippen molar-refractivity contribution < 1.29 is 18.4 Å². The van der Waals surface area contributed by atoms with Gasteiger partial charge in [0.15, 0.2) is 0 Å². The van der Waals surface area contributed by atoms with Crippen molar-refractivity contribution in [1.82, 2.24) is 4.98 Å².